The van der Waals surface area contributed by atoms with E-state index >= 15 is 0 Å². The van der Waals surface area contributed by atoms with Gasteiger partial charge in [-0.25, -0.2) is 0 Å². The van der Waals surface area contributed by atoms with Gasteiger partial charge in [0.05, 0.1) is 0 Å². The van der Waals surface area contributed by atoms with Crippen LogP contribution in [0.4, 0.5) is 0 Å². The number of ketones is 1. The summed E-state index contributed by atoms with van der Waals surface area (Å²) in [5.41, 5.74) is 1.97. The molecule has 0 aliphatic carbocycles. The normalized spacial score (nSPS) is 15.7. The van der Waals surface area contributed by atoms with Crippen molar-refractivity contribution in [1.29, 1.82) is 0 Å². The van der Waals surface area contributed by atoms with E-state index < -0.39 is 0 Å². The molecule has 0 bridgehead atoms. The third kappa shape index (κ3) is 5.46. The average molecular weight is 247 g/mol. The summed E-state index contributed by atoms with van der Waals surface area (Å²) in [4.78, 5) is 13.3. The van der Waals surface area contributed by atoms with E-state index in [0.29, 0.717) is 0 Å². The Bertz CT molecular complexity index is 350. The maximum atomic E-state index is 10.8. The standard InChI is InChI=1S/C9H10O.C7H15N/c1-7-3-5-9(6-4-7)8(2)10;1-2-8-6-4-3-5-7-8/h3-6H,1-2H3;2-7H2,1H3. The molecule has 1 heterocycles. The zero-order valence-corrected chi connectivity index (χ0v) is 11.9. The maximum Gasteiger partial charge on any atom is 0.159 e. The third-order valence-electron chi connectivity index (χ3n) is 3.35. The van der Waals surface area contributed by atoms with Gasteiger partial charge in [0.1, 0.15) is 0 Å². The van der Waals surface area contributed by atoms with Crippen molar-refractivity contribution in [1.82, 2.24) is 4.90 Å². The van der Waals surface area contributed by atoms with Gasteiger partial charge in [0.2, 0.25) is 0 Å². The summed E-state index contributed by atoms with van der Waals surface area (Å²) in [7, 11) is 0. The Morgan fingerprint density at radius 2 is 1.67 bits per heavy atom. The molecule has 1 aliphatic heterocycles. The molecule has 1 fully saturated rings. The Kier molecular flexibility index (Phi) is 6.66. The summed E-state index contributed by atoms with van der Waals surface area (Å²) in [6, 6.07) is 7.57. The van der Waals surface area contributed by atoms with E-state index in [4.69, 9.17) is 0 Å². The van der Waals surface area contributed by atoms with E-state index in [1.807, 2.05) is 31.2 Å². The lowest BCUT2D eigenvalue weighted by Gasteiger charge is -2.24. The molecule has 0 atom stereocenters. The molecule has 100 valence electrons. The summed E-state index contributed by atoms with van der Waals surface area (Å²) < 4.78 is 0. The van der Waals surface area contributed by atoms with Crippen LogP contribution in [0.15, 0.2) is 24.3 Å². The molecule has 1 saturated heterocycles. The second-order valence-corrected chi connectivity index (χ2v) is 4.92. The number of carbonyl (C=O) groups excluding carboxylic acids is 1. The number of rotatable bonds is 2. The Morgan fingerprint density at radius 3 is 2.06 bits per heavy atom. The molecule has 0 unspecified atom stereocenters. The number of piperidine rings is 1. The van der Waals surface area contributed by atoms with Gasteiger partial charge < -0.3 is 4.90 Å². The second kappa shape index (κ2) is 8.04. The molecule has 0 spiro atoms. The minimum atomic E-state index is 0.125. The Labute approximate surface area is 111 Å². The molecule has 1 aromatic rings. The Balaban J connectivity index is 0.000000184. The van der Waals surface area contributed by atoms with Crippen LogP contribution >= 0.6 is 0 Å². The van der Waals surface area contributed by atoms with E-state index in [9.17, 15) is 4.79 Å². The minimum Gasteiger partial charge on any atom is -0.304 e. The predicted molar refractivity (Wildman–Crippen MR) is 77.1 cm³/mol. The smallest absolute Gasteiger partial charge is 0.159 e. The van der Waals surface area contributed by atoms with Crippen LogP contribution in [0.25, 0.3) is 0 Å². The lowest BCUT2D eigenvalue weighted by molar-refractivity contribution is 0.101. The van der Waals surface area contributed by atoms with Crippen molar-refractivity contribution in [3.8, 4) is 0 Å². The van der Waals surface area contributed by atoms with Crippen LogP contribution < -0.4 is 0 Å². The van der Waals surface area contributed by atoms with Crippen molar-refractivity contribution in [2.75, 3.05) is 19.6 Å². The molecule has 1 aromatic carbocycles. The highest BCUT2D eigenvalue weighted by atomic mass is 16.1. The second-order valence-electron chi connectivity index (χ2n) is 4.92. The van der Waals surface area contributed by atoms with Crippen LogP contribution in [0, 0.1) is 6.92 Å². The number of benzene rings is 1. The molecule has 0 amide bonds. The number of nitrogens with zero attached hydrogens (tertiary/aromatic N) is 1. The van der Waals surface area contributed by atoms with Gasteiger partial charge in [0.25, 0.3) is 0 Å². The molecule has 1 aliphatic rings. The monoisotopic (exact) mass is 247 g/mol. The summed E-state index contributed by atoms with van der Waals surface area (Å²) in [5, 5.41) is 0. The van der Waals surface area contributed by atoms with Crippen molar-refractivity contribution in [3.63, 3.8) is 0 Å². The topological polar surface area (TPSA) is 20.3 Å². The van der Waals surface area contributed by atoms with Crippen LogP contribution in [0.5, 0.6) is 0 Å². The third-order valence-corrected chi connectivity index (χ3v) is 3.35. The van der Waals surface area contributed by atoms with E-state index in [1.165, 1.54) is 44.5 Å². The van der Waals surface area contributed by atoms with Crippen molar-refractivity contribution in [2.24, 2.45) is 0 Å². The highest BCUT2D eigenvalue weighted by molar-refractivity contribution is 5.93. The van der Waals surface area contributed by atoms with Crippen molar-refractivity contribution >= 4 is 5.78 Å². The van der Waals surface area contributed by atoms with Gasteiger partial charge >= 0.3 is 0 Å². The van der Waals surface area contributed by atoms with Crippen molar-refractivity contribution in [3.05, 3.63) is 35.4 Å². The molecular formula is C16H25NO. The molecule has 2 heteroatoms. The number of carbonyl (C=O) groups is 1. The van der Waals surface area contributed by atoms with Gasteiger partial charge in [-0.2, -0.15) is 0 Å². The largest absolute Gasteiger partial charge is 0.304 e. The van der Waals surface area contributed by atoms with E-state index in [-0.39, 0.29) is 5.78 Å². The van der Waals surface area contributed by atoms with Gasteiger partial charge in [0.15, 0.2) is 5.78 Å². The molecule has 18 heavy (non-hydrogen) atoms. The van der Waals surface area contributed by atoms with Crippen LogP contribution in [-0.4, -0.2) is 30.3 Å². The first kappa shape index (κ1) is 14.9. The first-order chi connectivity index (χ1) is 8.63. The maximum absolute atomic E-state index is 10.8. The highest BCUT2D eigenvalue weighted by Gasteiger charge is 2.05. The number of Topliss-reactive ketones (excluding diaryl/α,β-unsaturated/α-hetero) is 1. The fourth-order valence-electron chi connectivity index (χ4n) is 2.06. The first-order valence-electron chi connectivity index (χ1n) is 6.93. The minimum absolute atomic E-state index is 0.125. The first-order valence-corrected chi connectivity index (χ1v) is 6.93. The number of hydrogen-bond acceptors (Lipinski definition) is 2. The van der Waals surface area contributed by atoms with Gasteiger partial charge in [-0.1, -0.05) is 43.2 Å². The van der Waals surface area contributed by atoms with Crippen LogP contribution in [0.3, 0.4) is 0 Å². The van der Waals surface area contributed by atoms with Crippen LogP contribution in [-0.2, 0) is 0 Å². The lowest BCUT2D eigenvalue weighted by atomic mass is 10.1. The highest BCUT2D eigenvalue weighted by Crippen LogP contribution is 2.06. The fraction of sp³-hybridized carbons (Fsp3) is 0.562. The number of hydrogen-bond donors (Lipinski definition) is 0. The van der Waals surface area contributed by atoms with Gasteiger partial charge in [0, 0.05) is 5.56 Å². The number of likely N-dealkylation sites (tertiary alicyclic amines) is 1. The molecule has 0 N–H and O–H groups in total. The zero-order chi connectivity index (χ0) is 13.4. The van der Waals surface area contributed by atoms with Crippen LogP contribution in [0.1, 0.15) is 49.0 Å². The molecular weight excluding hydrogens is 222 g/mol. The fourth-order valence-corrected chi connectivity index (χ4v) is 2.06. The average Bonchev–Trinajstić information content (AvgIpc) is 2.41. The lowest BCUT2D eigenvalue weighted by Crippen LogP contribution is -2.29. The van der Waals surface area contributed by atoms with E-state index in [2.05, 4.69) is 11.8 Å². The predicted octanol–water partition coefficient (Wildman–Crippen LogP) is 3.69. The van der Waals surface area contributed by atoms with Crippen molar-refractivity contribution in [2.45, 2.75) is 40.0 Å². The summed E-state index contributed by atoms with van der Waals surface area (Å²) in [5.74, 6) is 0.125. The van der Waals surface area contributed by atoms with E-state index in [1.54, 1.807) is 6.92 Å². The quantitative estimate of drug-likeness (QED) is 0.743. The Morgan fingerprint density at radius 1 is 1.11 bits per heavy atom. The molecule has 2 rings (SSSR count). The van der Waals surface area contributed by atoms with Gasteiger partial charge in [-0.05, 0) is 46.3 Å². The van der Waals surface area contributed by atoms with E-state index in [0.717, 1.165) is 5.56 Å². The summed E-state index contributed by atoms with van der Waals surface area (Å²) in [6.07, 6.45) is 4.30. The van der Waals surface area contributed by atoms with Gasteiger partial charge in [-0.3, -0.25) is 4.79 Å². The molecule has 0 radical (unpaired) electrons. The molecule has 0 saturated carbocycles. The number of aryl methyl sites for hydroxylation is 1. The molecule has 2 nitrogen and oxygen atoms in total. The zero-order valence-electron chi connectivity index (χ0n) is 11.9. The van der Waals surface area contributed by atoms with Gasteiger partial charge in [-0.15, -0.1) is 0 Å². The SMILES string of the molecule is CC(=O)c1ccc(C)cc1.CCN1CCCCC1. The van der Waals surface area contributed by atoms with Crippen molar-refractivity contribution < 1.29 is 4.79 Å². The summed E-state index contributed by atoms with van der Waals surface area (Å²) in [6.45, 7) is 9.76. The van der Waals surface area contributed by atoms with Crippen LogP contribution in [0.2, 0.25) is 0 Å². The molecule has 0 aromatic heterocycles. The summed E-state index contributed by atoms with van der Waals surface area (Å²) >= 11 is 0. The Hall–Kier alpha value is -1.15.